The molecule has 2 aromatic rings. The molecule has 3 rings (SSSR count). The van der Waals surface area contributed by atoms with Crippen molar-refractivity contribution in [3.05, 3.63) is 65.0 Å². The van der Waals surface area contributed by atoms with Gasteiger partial charge in [0.05, 0.1) is 6.10 Å². The van der Waals surface area contributed by atoms with Crippen molar-refractivity contribution in [2.45, 2.75) is 32.8 Å². The highest BCUT2D eigenvalue weighted by Gasteiger charge is 2.32. The summed E-state index contributed by atoms with van der Waals surface area (Å²) in [4.78, 5) is 19.3. The lowest BCUT2D eigenvalue weighted by Crippen LogP contribution is -2.47. The van der Waals surface area contributed by atoms with Crippen molar-refractivity contribution >= 4 is 5.91 Å². The van der Waals surface area contributed by atoms with Gasteiger partial charge in [-0.2, -0.15) is 0 Å². The molecule has 1 aromatic heterocycles. The number of aromatic nitrogens is 1. The number of rotatable bonds is 4. The molecule has 132 valence electrons. The molecule has 1 amide bonds. The fraction of sp³-hybridized carbons (Fsp3) is 0.429. The van der Waals surface area contributed by atoms with Crippen LogP contribution in [0.2, 0.25) is 0 Å². The molecule has 25 heavy (non-hydrogen) atoms. The van der Waals surface area contributed by atoms with Crippen molar-refractivity contribution in [3.8, 4) is 0 Å². The van der Waals surface area contributed by atoms with Gasteiger partial charge in [0.15, 0.2) is 0 Å². The Bertz CT molecular complexity index is 710. The van der Waals surface area contributed by atoms with Gasteiger partial charge in [0.2, 0.25) is 0 Å². The van der Waals surface area contributed by atoms with Gasteiger partial charge in [0.1, 0.15) is 0 Å². The van der Waals surface area contributed by atoms with Crippen molar-refractivity contribution in [1.29, 1.82) is 0 Å². The molecule has 0 radical (unpaired) electrons. The molecule has 0 aliphatic carbocycles. The second kappa shape index (κ2) is 7.79. The van der Waals surface area contributed by atoms with Crippen LogP contribution in [0.1, 0.15) is 33.7 Å². The van der Waals surface area contributed by atoms with Gasteiger partial charge < -0.3 is 9.64 Å². The zero-order chi connectivity index (χ0) is 17.8. The van der Waals surface area contributed by atoms with E-state index < -0.39 is 0 Å². The monoisotopic (exact) mass is 338 g/mol. The first kappa shape index (κ1) is 17.6. The van der Waals surface area contributed by atoms with Crippen LogP contribution < -0.4 is 0 Å². The quantitative estimate of drug-likeness (QED) is 0.858. The topological polar surface area (TPSA) is 42.4 Å². The molecular formula is C21H26N2O2. The predicted molar refractivity (Wildman–Crippen MR) is 98.7 cm³/mol. The minimum Gasteiger partial charge on any atom is -0.381 e. The van der Waals surface area contributed by atoms with Gasteiger partial charge in [-0.1, -0.05) is 30.3 Å². The highest BCUT2D eigenvalue weighted by Crippen LogP contribution is 2.25. The van der Waals surface area contributed by atoms with E-state index in [0.29, 0.717) is 5.92 Å². The van der Waals surface area contributed by atoms with Gasteiger partial charge >= 0.3 is 0 Å². The predicted octanol–water partition coefficient (Wildman–Crippen LogP) is 3.42. The minimum atomic E-state index is 0.0983. The summed E-state index contributed by atoms with van der Waals surface area (Å²) in [5, 5.41) is 0. The molecule has 2 atom stereocenters. The van der Waals surface area contributed by atoms with E-state index >= 15 is 0 Å². The number of hydrogen-bond acceptors (Lipinski definition) is 3. The number of carbonyl (C=O) groups is 1. The second-order valence-electron chi connectivity index (χ2n) is 6.90. The van der Waals surface area contributed by atoms with Crippen LogP contribution in [0.15, 0.2) is 42.5 Å². The first-order valence-electron chi connectivity index (χ1n) is 8.88. The Kier molecular flexibility index (Phi) is 5.49. The van der Waals surface area contributed by atoms with E-state index in [1.54, 1.807) is 7.11 Å². The molecule has 1 aromatic carbocycles. The van der Waals surface area contributed by atoms with Crippen LogP contribution in [0.25, 0.3) is 0 Å². The Morgan fingerprint density at radius 3 is 2.52 bits per heavy atom. The van der Waals surface area contributed by atoms with E-state index in [-0.39, 0.29) is 12.0 Å². The smallest absolute Gasteiger partial charge is 0.253 e. The number of benzene rings is 1. The lowest BCUT2D eigenvalue weighted by Gasteiger charge is -2.38. The number of nitrogens with zero attached hydrogens (tertiary/aromatic N) is 2. The number of piperidine rings is 1. The van der Waals surface area contributed by atoms with Crippen LogP contribution in [0.5, 0.6) is 0 Å². The third-order valence-electron chi connectivity index (χ3n) is 4.92. The summed E-state index contributed by atoms with van der Waals surface area (Å²) in [6.45, 7) is 5.33. The van der Waals surface area contributed by atoms with Crippen LogP contribution in [-0.4, -0.2) is 42.1 Å². The van der Waals surface area contributed by atoms with E-state index in [9.17, 15) is 4.79 Å². The molecular weight excluding hydrogens is 312 g/mol. The Balaban J connectivity index is 1.75. The number of methoxy groups -OCH3 is 1. The maximum absolute atomic E-state index is 13.0. The third kappa shape index (κ3) is 4.26. The van der Waals surface area contributed by atoms with Gasteiger partial charge in [0, 0.05) is 43.1 Å². The summed E-state index contributed by atoms with van der Waals surface area (Å²) in [6.07, 6.45) is 2.01. The normalized spacial score (nSPS) is 20.5. The molecule has 4 nitrogen and oxygen atoms in total. The summed E-state index contributed by atoms with van der Waals surface area (Å²) in [7, 11) is 1.77. The van der Waals surface area contributed by atoms with E-state index in [1.165, 1.54) is 5.56 Å². The molecule has 0 spiro atoms. The maximum Gasteiger partial charge on any atom is 0.253 e. The second-order valence-corrected chi connectivity index (χ2v) is 6.90. The zero-order valence-electron chi connectivity index (χ0n) is 15.2. The number of amides is 1. The number of ether oxygens (including phenoxy) is 1. The van der Waals surface area contributed by atoms with Crippen LogP contribution in [0.4, 0.5) is 0 Å². The number of carbonyl (C=O) groups excluding carboxylic acids is 1. The third-order valence-corrected chi connectivity index (χ3v) is 4.92. The highest BCUT2D eigenvalue weighted by molar-refractivity contribution is 5.94. The Morgan fingerprint density at radius 2 is 1.88 bits per heavy atom. The number of likely N-dealkylation sites (tertiary alicyclic amines) is 1. The first-order chi connectivity index (χ1) is 12.1. The molecule has 0 N–H and O–H groups in total. The number of aryl methyl sites for hydroxylation is 2. The van der Waals surface area contributed by atoms with Gasteiger partial charge in [0.25, 0.3) is 5.91 Å². The summed E-state index contributed by atoms with van der Waals surface area (Å²) in [5.74, 6) is 0.412. The average molecular weight is 338 g/mol. The number of hydrogen-bond donors (Lipinski definition) is 0. The first-order valence-corrected chi connectivity index (χ1v) is 8.88. The molecule has 0 unspecified atom stereocenters. The maximum atomic E-state index is 13.0. The van der Waals surface area contributed by atoms with Crippen molar-refractivity contribution in [2.24, 2.45) is 5.92 Å². The largest absolute Gasteiger partial charge is 0.381 e. The van der Waals surface area contributed by atoms with E-state index in [2.05, 4.69) is 29.2 Å². The van der Waals surface area contributed by atoms with Crippen LogP contribution in [0, 0.1) is 19.8 Å². The van der Waals surface area contributed by atoms with E-state index in [0.717, 1.165) is 42.9 Å². The summed E-state index contributed by atoms with van der Waals surface area (Å²) in [6, 6.07) is 14.2. The SMILES string of the molecule is CO[C@H]1CCN(C(=O)c2cc(C)nc(C)c2)C[C@@H]1Cc1ccccc1. The van der Waals surface area contributed by atoms with E-state index in [4.69, 9.17) is 4.74 Å². The van der Waals surface area contributed by atoms with Crippen molar-refractivity contribution < 1.29 is 9.53 Å². The molecule has 0 bridgehead atoms. The lowest BCUT2D eigenvalue weighted by molar-refractivity contribution is -0.00300. The van der Waals surface area contributed by atoms with Gasteiger partial charge in [-0.15, -0.1) is 0 Å². The van der Waals surface area contributed by atoms with Gasteiger partial charge in [-0.05, 0) is 44.4 Å². The molecule has 1 aliphatic heterocycles. The molecule has 2 heterocycles. The Labute approximate surface area is 149 Å². The lowest BCUT2D eigenvalue weighted by atomic mass is 9.88. The van der Waals surface area contributed by atoms with Crippen LogP contribution in [-0.2, 0) is 11.2 Å². The Morgan fingerprint density at radius 1 is 1.20 bits per heavy atom. The zero-order valence-corrected chi connectivity index (χ0v) is 15.2. The standard InChI is InChI=1S/C21H26N2O2/c1-15-11-18(12-16(2)22-15)21(24)23-10-9-20(25-3)19(14-23)13-17-7-5-4-6-8-17/h4-8,11-12,19-20H,9-10,13-14H2,1-3H3/t19-,20-/m0/s1. The average Bonchev–Trinajstić information content (AvgIpc) is 2.61. The van der Waals surface area contributed by atoms with Crippen molar-refractivity contribution in [1.82, 2.24) is 9.88 Å². The van der Waals surface area contributed by atoms with Crippen molar-refractivity contribution in [3.63, 3.8) is 0 Å². The summed E-state index contributed by atoms with van der Waals surface area (Å²) in [5.41, 5.74) is 3.80. The fourth-order valence-electron chi connectivity index (χ4n) is 3.76. The van der Waals surface area contributed by atoms with Gasteiger partial charge in [-0.25, -0.2) is 0 Å². The molecule has 1 saturated heterocycles. The van der Waals surface area contributed by atoms with Crippen LogP contribution in [0.3, 0.4) is 0 Å². The van der Waals surface area contributed by atoms with Crippen LogP contribution >= 0.6 is 0 Å². The summed E-state index contributed by atoms with van der Waals surface area (Å²) >= 11 is 0. The highest BCUT2D eigenvalue weighted by atomic mass is 16.5. The fourth-order valence-corrected chi connectivity index (χ4v) is 3.76. The molecule has 1 fully saturated rings. The molecule has 4 heteroatoms. The molecule has 0 saturated carbocycles. The summed E-state index contributed by atoms with van der Waals surface area (Å²) < 4.78 is 5.70. The Hall–Kier alpha value is -2.20. The minimum absolute atomic E-state index is 0.0983. The number of pyridine rings is 1. The van der Waals surface area contributed by atoms with Crippen molar-refractivity contribution in [2.75, 3.05) is 20.2 Å². The molecule has 1 aliphatic rings. The van der Waals surface area contributed by atoms with Gasteiger partial charge in [-0.3, -0.25) is 9.78 Å². The van der Waals surface area contributed by atoms with E-state index in [1.807, 2.05) is 36.9 Å².